The predicted octanol–water partition coefficient (Wildman–Crippen LogP) is 3.56. The van der Waals surface area contributed by atoms with Crippen LogP contribution in [-0.2, 0) is 9.47 Å². The van der Waals surface area contributed by atoms with Crippen LogP contribution in [0.15, 0.2) is 30.3 Å². The molecule has 0 spiro atoms. The highest BCUT2D eigenvalue weighted by Crippen LogP contribution is 2.32. The molecule has 2 saturated heterocycles. The van der Waals surface area contributed by atoms with Crippen LogP contribution in [-0.4, -0.2) is 59.8 Å². The fraction of sp³-hybridized carbons (Fsp3) is 0.400. The Morgan fingerprint density at radius 3 is 2.90 bits per heavy atom. The van der Waals surface area contributed by atoms with Crippen LogP contribution in [0.1, 0.15) is 6.42 Å². The summed E-state index contributed by atoms with van der Waals surface area (Å²) in [6.45, 7) is 0.658. The zero-order valence-electron chi connectivity index (χ0n) is 15.4. The molecule has 7 nitrogen and oxygen atoms in total. The molecule has 9 heteroatoms. The van der Waals surface area contributed by atoms with E-state index in [1.165, 1.54) is 0 Å². The molecule has 5 rings (SSSR count). The summed E-state index contributed by atoms with van der Waals surface area (Å²) in [4.78, 5) is 12.1. The molecule has 2 aromatic heterocycles. The van der Waals surface area contributed by atoms with E-state index in [4.69, 9.17) is 30.5 Å². The number of hydrogen-bond acceptors (Lipinski definition) is 6. The monoisotopic (exact) mass is 419 g/mol. The van der Waals surface area contributed by atoms with Crippen LogP contribution in [0.4, 0.5) is 4.39 Å². The topological polar surface area (TPSA) is 78.5 Å². The first-order valence-corrected chi connectivity index (χ1v) is 9.84. The Hall–Kier alpha value is -2.42. The molecule has 2 aliphatic rings. The zero-order valence-corrected chi connectivity index (χ0v) is 16.2. The van der Waals surface area contributed by atoms with Gasteiger partial charge in [-0.05, 0) is 36.8 Å². The summed E-state index contributed by atoms with van der Waals surface area (Å²) in [6.07, 6.45) is 0.728. The number of rotatable bonds is 6. The van der Waals surface area contributed by atoms with Gasteiger partial charge in [0.15, 0.2) is 11.8 Å². The van der Waals surface area contributed by atoms with Crippen molar-refractivity contribution in [2.75, 3.05) is 26.5 Å². The quantitative estimate of drug-likeness (QED) is 0.658. The number of halogens is 2. The Kier molecular flexibility index (Phi) is 4.99. The highest BCUT2D eigenvalue weighted by molar-refractivity contribution is 6.33. The highest BCUT2D eigenvalue weighted by atomic mass is 35.5. The number of H-pyrrole nitrogens is 1. The van der Waals surface area contributed by atoms with E-state index in [9.17, 15) is 4.39 Å². The van der Waals surface area contributed by atoms with E-state index in [-0.39, 0.29) is 24.9 Å². The molecule has 0 saturated carbocycles. The highest BCUT2D eigenvalue weighted by Gasteiger charge is 2.43. The van der Waals surface area contributed by atoms with Gasteiger partial charge in [0, 0.05) is 12.2 Å². The maximum absolute atomic E-state index is 12.2. The predicted molar refractivity (Wildman–Crippen MR) is 104 cm³/mol. The molecule has 152 valence electrons. The average Bonchev–Trinajstić information content (AvgIpc) is 3.43. The van der Waals surface area contributed by atoms with Crippen LogP contribution in [0, 0.1) is 0 Å². The molecule has 3 aromatic rings. The van der Waals surface area contributed by atoms with Gasteiger partial charge in [0.05, 0.1) is 28.9 Å². The SMILES string of the molecule is FCCOc1ccc(-c2nc3nc(OC4CO[C@@H]5CCO[C@H]45)[nH]c3cc2Cl)cc1. The van der Waals surface area contributed by atoms with Gasteiger partial charge in [-0.3, -0.25) is 0 Å². The second-order valence-electron chi connectivity index (χ2n) is 6.95. The standard InChI is InChI=1S/C20H19ClFN3O4/c21-13-9-14-19(24-17(13)11-1-3-12(4-2-11)26-8-6-22)25-20(23-14)29-16-10-28-15-5-7-27-18(15)16/h1-4,9,15-16,18H,5-8,10H2,(H,23,24,25)/t15-,16?,18+/m1/s1. The second kappa shape index (κ2) is 7.78. The van der Waals surface area contributed by atoms with Crippen molar-refractivity contribution in [2.45, 2.75) is 24.7 Å². The van der Waals surface area contributed by atoms with Gasteiger partial charge in [-0.25, -0.2) is 9.37 Å². The molecular formula is C20H19ClFN3O4. The summed E-state index contributed by atoms with van der Waals surface area (Å²) in [6, 6.07) is 9.29. The van der Waals surface area contributed by atoms with Crippen molar-refractivity contribution in [3.05, 3.63) is 35.4 Å². The third-order valence-corrected chi connectivity index (χ3v) is 5.35. The molecule has 2 fully saturated rings. The van der Waals surface area contributed by atoms with Crippen molar-refractivity contribution in [2.24, 2.45) is 0 Å². The van der Waals surface area contributed by atoms with Gasteiger partial charge >= 0.3 is 0 Å². The fourth-order valence-electron chi connectivity index (χ4n) is 3.69. The fourth-order valence-corrected chi connectivity index (χ4v) is 3.95. The maximum atomic E-state index is 12.2. The summed E-state index contributed by atoms with van der Waals surface area (Å²) in [5.41, 5.74) is 2.58. The number of benzene rings is 1. The van der Waals surface area contributed by atoms with Crippen LogP contribution >= 0.6 is 11.6 Å². The Balaban J connectivity index is 1.38. The first-order valence-electron chi connectivity index (χ1n) is 9.46. The van der Waals surface area contributed by atoms with Gasteiger partial charge in [0.1, 0.15) is 25.1 Å². The van der Waals surface area contributed by atoms with E-state index in [0.717, 1.165) is 12.0 Å². The van der Waals surface area contributed by atoms with E-state index in [0.29, 0.717) is 46.9 Å². The summed E-state index contributed by atoms with van der Waals surface area (Å²) in [5, 5.41) is 0.480. The number of ether oxygens (including phenoxy) is 4. The van der Waals surface area contributed by atoms with Gasteiger partial charge < -0.3 is 23.9 Å². The number of nitrogens with one attached hydrogen (secondary N) is 1. The van der Waals surface area contributed by atoms with E-state index in [1.54, 1.807) is 18.2 Å². The largest absolute Gasteiger partial charge is 0.491 e. The summed E-state index contributed by atoms with van der Waals surface area (Å²) < 4.78 is 34.9. The summed E-state index contributed by atoms with van der Waals surface area (Å²) in [7, 11) is 0. The van der Waals surface area contributed by atoms with Crippen molar-refractivity contribution in [1.29, 1.82) is 0 Å². The molecule has 0 aliphatic carbocycles. The molecule has 1 aromatic carbocycles. The van der Waals surface area contributed by atoms with Crippen molar-refractivity contribution in [3.63, 3.8) is 0 Å². The van der Waals surface area contributed by atoms with Gasteiger partial charge in [-0.1, -0.05) is 11.6 Å². The third-order valence-electron chi connectivity index (χ3n) is 5.06. The number of nitrogens with zero attached hydrogens (tertiary/aromatic N) is 2. The maximum Gasteiger partial charge on any atom is 0.296 e. The van der Waals surface area contributed by atoms with E-state index in [1.807, 2.05) is 12.1 Å². The lowest BCUT2D eigenvalue weighted by Crippen LogP contribution is -2.32. The minimum absolute atomic E-state index is 0.0268. The third kappa shape index (κ3) is 3.63. The van der Waals surface area contributed by atoms with Crippen LogP contribution in [0.25, 0.3) is 22.4 Å². The van der Waals surface area contributed by atoms with Gasteiger partial charge in [0.2, 0.25) is 0 Å². The number of hydrogen-bond donors (Lipinski definition) is 1. The first kappa shape index (κ1) is 18.6. The number of aromatic nitrogens is 3. The average molecular weight is 420 g/mol. The lowest BCUT2D eigenvalue weighted by molar-refractivity contribution is 0.0273. The molecule has 1 unspecified atom stereocenters. The van der Waals surface area contributed by atoms with Crippen molar-refractivity contribution < 1.29 is 23.3 Å². The zero-order chi connectivity index (χ0) is 19.8. The number of aromatic amines is 1. The van der Waals surface area contributed by atoms with Crippen LogP contribution in [0.2, 0.25) is 5.02 Å². The van der Waals surface area contributed by atoms with Gasteiger partial charge in [0.25, 0.3) is 6.01 Å². The van der Waals surface area contributed by atoms with Gasteiger partial charge in [-0.15, -0.1) is 0 Å². The molecule has 3 atom stereocenters. The van der Waals surface area contributed by atoms with E-state index >= 15 is 0 Å². The van der Waals surface area contributed by atoms with Crippen LogP contribution in [0.5, 0.6) is 11.8 Å². The molecule has 1 N–H and O–H groups in total. The Morgan fingerprint density at radius 1 is 1.21 bits per heavy atom. The lowest BCUT2D eigenvalue weighted by atomic mass is 10.1. The molecule has 29 heavy (non-hydrogen) atoms. The minimum atomic E-state index is -0.532. The van der Waals surface area contributed by atoms with E-state index in [2.05, 4.69) is 15.0 Å². The van der Waals surface area contributed by atoms with Crippen LogP contribution < -0.4 is 9.47 Å². The molecule has 0 radical (unpaired) electrons. The molecular weight excluding hydrogens is 401 g/mol. The second-order valence-corrected chi connectivity index (χ2v) is 7.35. The minimum Gasteiger partial charge on any atom is -0.491 e. The number of pyridine rings is 1. The van der Waals surface area contributed by atoms with Crippen molar-refractivity contribution >= 4 is 22.8 Å². The number of imidazole rings is 1. The number of fused-ring (bicyclic) bond motifs is 2. The Morgan fingerprint density at radius 2 is 2.07 bits per heavy atom. The summed E-state index contributed by atoms with van der Waals surface area (Å²) in [5.74, 6) is 0.588. The molecule has 0 amide bonds. The van der Waals surface area contributed by atoms with Gasteiger partial charge in [-0.2, -0.15) is 4.98 Å². The molecule has 2 aliphatic heterocycles. The molecule has 4 heterocycles. The smallest absolute Gasteiger partial charge is 0.296 e. The van der Waals surface area contributed by atoms with Crippen molar-refractivity contribution in [3.8, 4) is 23.0 Å². The Labute approximate surface area is 171 Å². The summed E-state index contributed by atoms with van der Waals surface area (Å²) >= 11 is 6.44. The normalized spacial score (nSPS) is 23.4. The van der Waals surface area contributed by atoms with Crippen molar-refractivity contribution in [1.82, 2.24) is 15.0 Å². The number of alkyl halides is 1. The Bertz CT molecular complexity index is 1010. The molecule has 0 bridgehead atoms. The van der Waals surface area contributed by atoms with E-state index < -0.39 is 6.67 Å². The first-order chi connectivity index (χ1) is 14.2. The van der Waals surface area contributed by atoms with Crippen LogP contribution in [0.3, 0.4) is 0 Å². The lowest BCUT2D eigenvalue weighted by Gasteiger charge is -2.15.